The highest BCUT2D eigenvalue weighted by molar-refractivity contribution is 5.75. The van der Waals surface area contributed by atoms with Crippen molar-refractivity contribution >= 4 is 6.03 Å². The number of carbonyl (C=O) groups is 1. The van der Waals surface area contributed by atoms with Gasteiger partial charge in [0.2, 0.25) is 0 Å². The number of nitrogens with one attached hydrogen (secondary N) is 2. The third-order valence-corrected chi connectivity index (χ3v) is 4.26. The summed E-state index contributed by atoms with van der Waals surface area (Å²) < 4.78 is 10.7. The first-order chi connectivity index (χ1) is 13.8. The average molecular weight is 376 g/mol. The Morgan fingerprint density at radius 3 is 1.89 bits per heavy atom. The Hall–Kier alpha value is -3.47. The Labute approximate surface area is 165 Å². The number of rotatable bonds is 8. The fraction of sp³-hybridized carbons (Fsp3) is 0.174. The minimum absolute atomic E-state index is 0.218. The zero-order valence-electron chi connectivity index (χ0n) is 15.8. The van der Waals surface area contributed by atoms with Crippen molar-refractivity contribution in [2.75, 3.05) is 20.3 Å². The molecule has 3 rings (SSSR count). The summed E-state index contributed by atoms with van der Waals surface area (Å²) in [5.74, 6) is 1.51. The van der Waals surface area contributed by atoms with Crippen molar-refractivity contribution in [2.45, 2.75) is 6.04 Å². The number of urea groups is 1. The summed E-state index contributed by atoms with van der Waals surface area (Å²) in [5.41, 5.74) is 2.05. The zero-order chi connectivity index (χ0) is 19.6. The molecule has 2 amide bonds. The molecule has 144 valence electrons. The molecule has 0 bridgehead atoms. The van der Waals surface area contributed by atoms with E-state index in [0.717, 1.165) is 22.6 Å². The molecule has 5 nitrogen and oxygen atoms in total. The molecule has 0 saturated heterocycles. The molecule has 0 fully saturated rings. The fourth-order valence-electron chi connectivity index (χ4n) is 2.84. The highest BCUT2D eigenvalue weighted by Crippen LogP contribution is 2.21. The SMILES string of the molecule is COc1ccc(OCCNC(=O)NC(c2ccccc2)c2ccccc2)cc1. The summed E-state index contributed by atoms with van der Waals surface area (Å²) in [5, 5.41) is 5.89. The summed E-state index contributed by atoms with van der Waals surface area (Å²) >= 11 is 0. The van der Waals surface area contributed by atoms with E-state index in [1.807, 2.05) is 84.9 Å². The molecule has 2 N–H and O–H groups in total. The molecule has 0 aromatic heterocycles. The van der Waals surface area contributed by atoms with Crippen molar-refractivity contribution in [1.82, 2.24) is 10.6 Å². The number of ether oxygens (including phenoxy) is 2. The second-order valence-corrected chi connectivity index (χ2v) is 6.18. The highest BCUT2D eigenvalue weighted by Gasteiger charge is 2.16. The molecule has 0 radical (unpaired) electrons. The maximum absolute atomic E-state index is 12.4. The normalized spacial score (nSPS) is 10.4. The van der Waals surface area contributed by atoms with E-state index in [-0.39, 0.29) is 12.1 Å². The van der Waals surface area contributed by atoms with Crippen molar-refractivity contribution in [1.29, 1.82) is 0 Å². The predicted octanol–water partition coefficient (Wildman–Crippen LogP) is 4.16. The Kier molecular flexibility index (Phi) is 6.90. The predicted molar refractivity (Wildman–Crippen MR) is 110 cm³/mol. The van der Waals surface area contributed by atoms with E-state index < -0.39 is 0 Å². The average Bonchev–Trinajstić information content (AvgIpc) is 2.76. The van der Waals surface area contributed by atoms with Gasteiger partial charge >= 0.3 is 6.03 Å². The number of hydrogen-bond donors (Lipinski definition) is 2. The number of carbonyl (C=O) groups excluding carboxylic acids is 1. The van der Waals surface area contributed by atoms with Crippen molar-refractivity contribution in [2.24, 2.45) is 0 Å². The maximum atomic E-state index is 12.4. The smallest absolute Gasteiger partial charge is 0.315 e. The monoisotopic (exact) mass is 376 g/mol. The van der Waals surface area contributed by atoms with Crippen LogP contribution in [0, 0.1) is 0 Å². The van der Waals surface area contributed by atoms with Gasteiger partial charge in [0, 0.05) is 0 Å². The van der Waals surface area contributed by atoms with Crippen LogP contribution in [0.4, 0.5) is 4.79 Å². The van der Waals surface area contributed by atoms with Crippen LogP contribution in [0.5, 0.6) is 11.5 Å². The number of benzene rings is 3. The molecule has 0 spiro atoms. The van der Waals surface area contributed by atoms with Gasteiger partial charge in [0.05, 0.1) is 19.7 Å². The zero-order valence-corrected chi connectivity index (χ0v) is 15.8. The van der Waals surface area contributed by atoms with E-state index in [1.54, 1.807) is 7.11 Å². The highest BCUT2D eigenvalue weighted by atomic mass is 16.5. The van der Waals surface area contributed by atoms with Gasteiger partial charge in [-0.2, -0.15) is 0 Å². The van der Waals surface area contributed by atoms with E-state index in [2.05, 4.69) is 10.6 Å². The number of methoxy groups -OCH3 is 1. The van der Waals surface area contributed by atoms with Crippen LogP contribution >= 0.6 is 0 Å². The molecular formula is C23H24N2O3. The van der Waals surface area contributed by atoms with E-state index >= 15 is 0 Å². The van der Waals surface area contributed by atoms with Gasteiger partial charge in [-0.1, -0.05) is 60.7 Å². The lowest BCUT2D eigenvalue weighted by atomic mass is 9.99. The second-order valence-electron chi connectivity index (χ2n) is 6.18. The van der Waals surface area contributed by atoms with Crippen LogP contribution in [0.3, 0.4) is 0 Å². The summed E-state index contributed by atoms with van der Waals surface area (Å²) in [4.78, 5) is 12.4. The van der Waals surface area contributed by atoms with Gasteiger partial charge in [0.15, 0.2) is 0 Å². The van der Waals surface area contributed by atoms with E-state index in [0.29, 0.717) is 13.2 Å². The van der Waals surface area contributed by atoms with Crippen LogP contribution in [0.15, 0.2) is 84.9 Å². The van der Waals surface area contributed by atoms with Gasteiger partial charge in [-0.05, 0) is 35.4 Å². The Bertz CT molecular complexity index is 813. The minimum Gasteiger partial charge on any atom is -0.497 e. The van der Waals surface area contributed by atoms with Crippen molar-refractivity contribution < 1.29 is 14.3 Å². The quantitative estimate of drug-likeness (QED) is 0.580. The molecule has 0 aliphatic heterocycles. The fourth-order valence-corrected chi connectivity index (χ4v) is 2.84. The summed E-state index contributed by atoms with van der Waals surface area (Å²) in [6.07, 6.45) is 0. The van der Waals surface area contributed by atoms with Crippen LogP contribution in [0.1, 0.15) is 17.2 Å². The van der Waals surface area contributed by atoms with E-state index in [4.69, 9.17) is 9.47 Å². The van der Waals surface area contributed by atoms with Gasteiger partial charge in [-0.15, -0.1) is 0 Å². The van der Waals surface area contributed by atoms with Gasteiger partial charge < -0.3 is 20.1 Å². The molecular weight excluding hydrogens is 352 g/mol. The first-order valence-electron chi connectivity index (χ1n) is 9.17. The van der Waals surface area contributed by atoms with Gasteiger partial charge in [0.25, 0.3) is 0 Å². The van der Waals surface area contributed by atoms with Crippen molar-refractivity contribution in [3.8, 4) is 11.5 Å². The van der Waals surface area contributed by atoms with Crippen LogP contribution < -0.4 is 20.1 Å². The summed E-state index contributed by atoms with van der Waals surface area (Å²) in [6, 6.07) is 26.7. The van der Waals surface area contributed by atoms with Crippen LogP contribution in [0.2, 0.25) is 0 Å². The van der Waals surface area contributed by atoms with Crippen molar-refractivity contribution in [3.63, 3.8) is 0 Å². The second kappa shape index (κ2) is 10.0. The number of hydrogen-bond acceptors (Lipinski definition) is 3. The molecule has 3 aromatic carbocycles. The van der Waals surface area contributed by atoms with Crippen molar-refractivity contribution in [3.05, 3.63) is 96.1 Å². The first kappa shape index (κ1) is 19.3. The molecule has 0 aliphatic carbocycles. The minimum atomic E-state index is -0.240. The van der Waals surface area contributed by atoms with Crippen LogP contribution in [0.25, 0.3) is 0 Å². The lowest BCUT2D eigenvalue weighted by Crippen LogP contribution is -2.40. The van der Waals surface area contributed by atoms with E-state index in [9.17, 15) is 4.79 Å². The molecule has 0 heterocycles. The van der Waals surface area contributed by atoms with Crippen LogP contribution in [-0.2, 0) is 0 Å². The first-order valence-corrected chi connectivity index (χ1v) is 9.17. The van der Waals surface area contributed by atoms with Gasteiger partial charge in [0.1, 0.15) is 18.1 Å². The third-order valence-electron chi connectivity index (χ3n) is 4.26. The number of amides is 2. The van der Waals surface area contributed by atoms with Crippen LogP contribution in [-0.4, -0.2) is 26.3 Å². The standard InChI is InChI=1S/C23H24N2O3/c1-27-20-12-14-21(15-13-20)28-17-16-24-23(26)25-22(18-8-4-2-5-9-18)19-10-6-3-7-11-19/h2-15,22H,16-17H2,1H3,(H2,24,25,26). The summed E-state index contributed by atoms with van der Waals surface area (Å²) in [6.45, 7) is 0.773. The van der Waals surface area contributed by atoms with Gasteiger partial charge in [-0.3, -0.25) is 0 Å². The molecule has 0 aliphatic rings. The summed E-state index contributed by atoms with van der Waals surface area (Å²) in [7, 11) is 1.62. The third kappa shape index (κ3) is 5.51. The molecule has 5 heteroatoms. The molecule has 0 saturated carbocycles. The lowest BCUT2D eigenvalue weighted by molar-refractivity contribution is 0.234. The van der Waals surface area contributed by atoms with E-state index in [1.165, 1.54) is 0 Å². The molecule has 28 heavy (non-hydrogen) atoms. The molecule has 3 aromatic rings. The Balaban J connectivity index is 1.52. The molecule has 0 unspecified atom stereocenters. The maximum Gasteiger partial charge on any atom is 0.315 e. The topological polar surface area (TPSA) is 59.6 Å². The Morgan fingerprint density at radius 1 is 0.821 bits per heavy atom. The Morgan fingerprint density at radius 2 is 1.36 bits per heavy atom. The van der Waals surface area contributed by atoms with Gasteiger partial charge in [-0.25, -0.2) is 4.79 Å². The lowest BCUT2D eigenvalue weighted by Gasteiger charge is -2.20. The molecule has 0 atom stereocenters. The largest absolute Gasteiger partial charge is 0.497 e.